The van der Waals surface area contributed by atoms with Crippen LogP contribution in [0.3, 0.4) is 0 Å². The normalized spacial score (nSPS) is 12.2. The van der Waals surface area contributed by atoms with Crippen LogP contribution in [-0.2, 0) is 42.8 Å². The van der Waals surface area contributed by atoms with Crippen LogP contribution in [0.5, 0.6) is 17.2 Å². The highest BCUT2D eigenvalue weighted by molar-refractivity contribution is 7.99. The van der Waals surface area contributed by atoms with E-state index in [1.807, 2.05) is 121 Å². The lowest BCUT2D eigenvalue weighted by atomic mass is 9.85. The third-order valence-electron chi connectivity index (χ3n) is 12.4. The summed E-state index contributed by atoms with van der Waals surface area (Å²) in [6.45, 7) is 16.4. The van der Waals surface area contributed by atoms with Crippen molar-refractivity contribution in [2.24, 2.45) is 0 Å². The van der Waals surface area contributed by atoms with E-state index in [-0.39, 0.29) is 82.6 Å². The Kier molecular flexibility index (Phi) is 31.2. The summed E-state index contributed by atoms with van der Waals surface area (Å²) in [7, 11) is 0. The topological polar surface area (TPSA) is 205 Å². The van der Waals surface area contributed by atoms with E-state index in [0.717, 1.165) is 31.4 Å². The smallest absolute Gasteiger partial charge is 0.407 e. The van der Waals surface area contributed by atoms with Crippen molar-refractivity contribution in [1.29, 1.82) is 0 Å². The minimum Gasteiger partial charge on any atom is -0.491 e. The fraction of sp³-hybridized carbons (Fsp3) is 0.299. The van der Waals surface area contributed by atoms with Crippen LogP contribution in [0.4, 0.5) is 9.59 Å². The van der Waals surface area contributed by atoms with E-state index >= 15 is 0 Å². The summed E-state index contributed by atoms with van der Waals surface area (Å²) in [5, 5.41) is 10.2. The Hall–Kier alpha value is -7.27. The van der Waals surface area contributed by atoms with Crippen molar-refractivity contribution in [3.8, 4) is 17.2 Å². The number of halogens is 3. The maximum atomic E-state index is 13.0. The molecular formula is C67H72Cl3N3O14S3. The third-order valence-corrected chi connectivity index (χ3v) is 16.6. The molecule has 2 amide bonds. The standard InChI is InChI=1S/C67H72Cl3N3O14S3/c1-44(2)63(74)79-34-31-71-43-85-56(40-88-59-25-13-50(68)14-26-59)37-82-53-19-7-47(8-20-53)62(48-9-21-54(22-10-48)83-38-57(41-89-60-27-15-51(69)16-28-60)86-66(77)72-32-35-80-64(75)45(3)4)49-11-23-55(24-12-49)84-39-58(42-90-61-29-17-52(70)18-30-61)87-67(78)73-33-36-81-65(76)46(5)6/h7-30,56-58,62,71H,1,3,5,31-43H2,2,4,6H3,(H,72,77)(H,73,78). The molecule has 478 valence electrons. The Labute approximate surface area is 553 Å². The highest BCUT2D eigenvalue weighted by Gasteiger charge is 2.22. The highest BCUT2D eigenvalue weighted by Crippen LogP contribution is 2.35. The molecule has 6 aromatic carbocycles. The summed E-state index contributed by atoms with van der Waals surface area (Å²) in [6, 6.07) is 45.4. The molecule has 23 heteroatoms. The van der Waals surface area contributed by atoms with E-state index in [2.05, 4.69) is 35.7 Å². The lowest BCUT2D eigenvalue weighted by molar-refractivity contribution is -0.139. The monoisotopic (exact) mass is 1340 g/mol. The first-order valence-corrected chi connectivity index (χ1v) is 32.5. The van der Waals surface area contributed by atoms with Crippen LogP contribution in [0.2, 0.25) is 15.1 Å². The molecule has 0 aliphatic heterocycles. The van der Waals surface area contributed by atoms with Crippen LogP contribution in [0.25, 0.3) is 0 Å². The minimum absolute atomic E-state index is 0.0168. The fourth-order valence-electron chi connectivity index (χ4n) is 7.77. The molecule has 6 rings (SSSR count). The van der Waals surface area contributed by atoms with Gasteiger partial charge in [-0.15, -0.1) is 35.3 Å². The Morgan fingerprint density at radius 2 is 0.722 bits per heavy atom. The molecule has 90 heavy (non-hydrogen) atoms. The molecule has 0 aliphatic rings. The number of alkyl carbamates (subject to hydrolysis) is 2. The van der Waals surface area contributed by atoms with E-state index in [4.69, 9.17) is 77.4 Å². The van der Waals surface area contributed by atoms with Crippen LogP contribution in [0.1, 0.15) is 43.4 Å². The van der Waals surface area contributed by atoms with Crippen molar-refractivity contribution < 1.29 is 66.6 Å². The fourth-order valence-corrected chi connectivity index (χ4v) is 10.8. The molecule has 0 aliphatic carbocycles. The van der Waals surface area contributed by atoms with E-state index in [0.29, 0.717) is 61.7 Å². The molecule has 0 radical (unpaired) electrons. The molecule has 0 spiro atoms. The van der Waals surface area contributed by atoms with Crippen LogP contribution in [0, 0.1) is 0 Å². The molecule has 3 atom stereocenters. The average Bonchev–Trinajstić information content (AvgIpc) is 1.29. The third kappa shape index (κ3) is 27.1. The zero-order valence-electron chi connectivity index (χ0n) is 50.1. The van der Waals surface area contributed by atoms with Gasteiger partial charge in [-0.3, -0.25) is 5.32 Å². The van der Waals surface area contributed by atoms with Crippen molar-refractivity contribution in [2.75, 3.05) is 83.3 Å². The number of carbonyl (C=O) groups is 5. The first-order chi connectivity index (χ1) is 43.4. The van der Waals surface area contributed by atoms with E-state index < -0.39 is 42.3 Å². The second kappa shape index (κ2) is 39.1. The molecule has 3 N–H and O–H groups in total. The Balaban J connectivity index is 1.19. The first kappa shape index (κ1) is 71.8. The quantitative estimate of drug-likeness (QED) is 0.00627. The van der Waals surface area contributed by atoms with Crippen molar-refractivity contribution in [3.63, 3.8) is 0 Å². The molecule has 6 aromatic rings. The number of ether oxygens (including phenoxy) is 9. The average molecular weight is 1350 g/mol. The lowest BCUT2D eigenvalue weighted by Crippen LogP contribution is -2.35. The molecule has 3 unspecified atom stereocenters. The number of thioether (sulfide) groups is 3. The summed E-state index contributed by atoms with van der Waals surface area (Å²) < 4.78 is 52.2. The van der Waals surface area contributed by atoms with Gasteiger partial charge in [0.05, 0.1) is 19.8 Å². The number of rotatable bonds is 38. The summed E-state index contributed by atoms with van der Waals surface area (Å²) in [6.07, 6.45) is -3.15. The Morgan fingerprint density at radius 3 is 1.04 bits per heavy atom. The van der Waals surface area contributed by atoms with E-state index in [9.17, 15) is 24.0 Å². The van der Waals surface area contributed by atoms with Gasteiger partial charge in [0.1, 0.15) is 75.2 Å². The Bertz CT molecular complexity index is 3130. The predicted molar refractivity (Wildman–Crippen MR) is 355 cm³/mol. The largest absolute Gasteiger partial charge is 0.491 e. The maximum absolute atomic E-state index is 13.0. The molecule has 0 saturated heterocycles. The molecule has 0 fully saturated rings. The van der Waals surface area contributed by atoms with Crippen LogP contribution < -0.4 is 30.2 Å². The minimum atomic E-state index is -0.704. The lowest BCUT2D eigenvalue weighted by Gasteiger charge is -2.22. The summed E-state index contributed by atoms with van der Waals surface area (Å²) in [5.41, 5.74) is 3.60. The van der Waals surface area contributed by atoms with Crippen LogP contribution in [0.15, 0.2) is 197 Å². The predicted octanol–water partition coefficient (Wildman–Crippen LogP) is 13.8. The number of nitrogens with one attached hydrogen (secondary N) is 3. The highest BCUT2D eigenvalue weighted by atomic mass is 35.5. The molecule has 0 bridgehead atoms. The van der Waals surface area contributed by atoms with Gasteiger partial charge in [-0.25, -0.2) is 24.0 Å². The number of amides is 2. The zero-order valence-corrected chi connectivity index (χ0v) is 54.8. The number of carbonyl (C=O) groups excluding carboxylic acids is 5. The van der Waals surface area contributed by atoms with Crippen molar-refractivity contribution in [1.82, 2.24) is 16.0 Å². The van der Waals surface area contributed by atoms with Crippen molar-refractivity contribution >= 4 is 100 Å². The maximum Gasteiger partial charge on any atom is 0.407 e. The second-order valence-electron chi connectivity index (χ2n) is 20.0. The molecular weight excluding hydrogens is 1270 g/mol. The summed E-state index contributed by atoms with van der Waals surface area (Å²) in [4.78, 5) is 64.3. The van der Waals surface area contributed by atoms with Crippen molar-refractivity contribution in [3.05, 3.63) is 214 Å². The molecule has 0 aromatic heterocycles. The van der Waals surface area contributed by atoms with Gasteiger partial charge in [0.15, 0.2) is 0 Å². The van der Waals surface area contributed by atoms with Gasteiger partial charge in [-0.05, 0) is 147 Å². The van der Waals surface area contributed by atoms with Crippen LogP contribution in [-0.4, -0.2) is 132 Å². The van der Waals surface area contributed by atoms with Gasteiger partial charge in [0.25, 0.3) is 0 Å². The van der Waals surface area contributed by atoms with Gasteiger partial charge in [0, 0.05) is 76.2 Å². The van der Waals surface area contributed by atoms with Crippen LogP contribution >= 0.6 is 70.1 Å². The second-order valence-corrected chi connectivity index (χ2v) is 24.5. The number of hydrogen-bond donors (Lipinski definition) is 3. The number of esters is 3. The first-order valence-electron chi connectivity index (χ1n) is 28.4. The van der Waals surface area contributed by atoms with Gasteiger partial charge in [-0.2, -0.15) is 0 Å². The van der Waals surface area contributed by atoms with Gasteiger partial charge >= 0.3 is 30.1 Å². The van der Waals surface area contributed by atoms with Crippen molar-refractivity contribution in [2.45, 2.75) is 59.7 Å². The Morgan fingerprint density at radius 1 is 0.422 bits per heavy atom. The summed E-state index contributed by atoms with van der Waals surface area (Å²) in [5.74, 6) is 1.05. The number of hydrogen-bond acceptors (Lipinski definition) is 18. The van der Waals surface area contributed by atoms with Gasteiger partial charge < -0.3 is 53.3 Å². The molecule has 0 saturated carbocycles. The molecule has 17 nitrogen and oxygen atoms in total. The van der Waals surface area contributed by atoms with E-state index in [1.165, 1.54) is 37.4 Å². The van der Waals surface area contributed by atoms with Gasteiger partial charge in [-0.1, -0.05) is 90.9 Å². The van der Waals surface area contributed by atoms with E-state index in [1.54, 1.807) is 43.0 Å². The zero-order chi connectivity index (χ0) is 64.6. The summed E-state index contributed by atoms with van der Waals surface area (Å²) >= 11 is 23.0. The molecule has 0 heterocycles. The van der Waals surface area contributed by atoms with Gasteiger partial charge in [0.2, 0.25) is 0 Å². The SMILES string of the molecule is C=C(C)C(=O)OCCNCOC(COc1ccc(C(c2ccc(OCC(CSc3ccc(Cl)cc3)OC(=O)NCCOC(=O)C(=C)C)cc2)c2ccc(OCC(CSc3ccc(Cl)cc3)OC(=O)NCCOC(=O)C(=C)C)cc2)cc1)CSc1ccc(Cl)cc1. The number of benzene rings is 6.